The van der Waals surface area contributed by atoms with E-state index in [9.17, 15) is 13.2 Å². The van der Waals surface area contributed by atoms with Crippen LogP contribution in [0, 0.1) is 6.92 Å². The summed E-state index contributed by atoms with van der Waals surface area (Å²) in [4.78, 5) is 14.5. The van der Waals surface area contributed by atoms with Crippen LogP contribution in [0.3, 0.4) is 0 Å². The van der Waals surface area contributed by atoms with E-state index in [4.69, 9.17) is 4.74 Å². The van der Waals surface area contributed by atoms with Crippen molar-refractivity contribution in [3.63, 3.8) is 0 Å². The molecule has 0 atom stereocenters. The van der Waals surface area contributed by atoms with Crippen molar-refractivity contribution in [1.29, 1.82) is 0 Å². The first-order chi connectivity index (χ1) is 12.8. The van der Waals surface area contributed by atoms with Gasteiger partial charge in [0.2, 0.25) is 0 Å². The van der Waals surface area contributed by atoms with Gasteiger partial charge in [-0.05, 0) is 62.7 Å². The largest absolute Gasteiger partial charge is 0.497 e. The van der Waals surface area contributed by atoms with Crippen molar-refractivity contribution in [2.45, 2.75) is 25.7 Å². The van der Waals surface area contributed by atoms with E-state index in [1.54, 1.807) is 35.2 Å². The first kappa shape index (κ1) is 20.8. The van der Waals surface area contributed by atoms with Crippen LogP contribution >= 0.6 is 0 Å². The Bertz CT molecular complexity index is 904. The standard InChI is InChI=1S/C20H26N2O4S/c1-6-22(7-2)20(23)16-9-8-15(3)19(14-16)21(4)27(24,25)18-12-10-17(26-5)11-13-18/h8-14H,6-7H2,1-5H3. The second kappa shape index (κ2) is 8.43. The molecule has 0 radical (unpaired) electrons. The summed E-state index contributed by atoms with van der Waals surface area (Å²) in [5, 5.41) is 0. The van der Waals surface area contributed by atoms with Gasteiger partial charge < -0.3 is 9.64 Å². The van der Waals surface area contributed by atoms with Crippen molar-refractivity contribution >= 4 is 21.6 Å². The first-order valence-electron chi connectivity index (χ1n) is 8.79. The molecule has 27 heavy (non-hydrogen) atoms. The molecule has 0 saturated carbocycles. The Hall–Kier alpha value is -2.54. The first-order valence-corrected chi connectivity index (χ1v) is 10.2. The molecule has 0 aliphatic rings. The van der Waals surface area contributed by atoms with Gasteiger partial charge in [-0.25, -0.2) is 8.42 Å². The van der Waals surface area contributed by atoms with Crippen molar-refractivity contribution in [1.82, 2.24) is 4.90 Å². The van der Waals surface area contributed by atoms with Gasteiger partial charge in [-0.1, -0.05) is 6.07 Å². The summed E-state index contributed by atoms with van der Waals surface area (Å²) in [5.74, 6) is 0.469. The molecular weight excluding hydrogens is 364 g/mol. The predicted octanol–water partition coefficient (Wildman–Crippen LogP) is 3.31. The van der Waals surface area contributed by atoms with E-state index in [1.165, 1.54) is 30.6 Å². The third-order valence-corrected chi connectivity index (χ3v) is 6.35. The predicted molar refractivity (Wildman–Crippen MR) is 107 cm³/mol. The Labute approximate surface area is 161 Å². The van der Waals surface area contributed by atoms with Gasteiger partial charge in [0.1, 0.15) is 5.75 Å². The van der Waals surface area contributed by atoms with Gasteiger partial charge in [0.05, 0.1) is 17.7 Å². The molecule has 0 N–H and O–H groups in total. The maximum absolute atomic E-state index is 13.0. The van der Waals surface area contributed by atoms with Crippen LogP contribution in [0.25, 0.3) is 0 Å². The zero-order valence-corrected chi connectivity index (χ0v) is 17.2. The van der Waals surface area contributed by atoms with E-state index in [0.29, 0.717) is 30.1 Å². The number of sulfonamides is 1. The van der Waals surface area contributed by atoms with Gasteiger partial charge in [-0.2, -0.15) is 0 Å². The lowest BCUT2D eigenvalue weighted by Crippen LogP contribution is -2.31. The molecule has 0 unspecified atom stereocenters. The van der Waals surface area contributed by atoms with E-state index in [1.807, 2.05) is 20.8 Å². The fraction of sp³-hybridized carbons (Fsp3) is 0.350. The molecule has 6 nitrogen and oxygen atoms in total. The Morgan fingerprint density at radius 2 is 1.63 bits per heavy atom. The third kappa shape index (κ3) is 4.24. The number of benzene rings is 2. The number of anilines is 1. The van der Waals surface area contributed by atoms with Crippen LogP contribution in [0.1, 0.15) is 29.8 Å². The summed E-state index contributed by atoms with van der Waals surface area (Å²) in [5.41, 5.74) is 1.71. The minimum atomic E-state index is -3.76. The second-order valence-corrected chi connectivity index (χ2v) is 8.10. The normalized spacial score (nSPS) is 11.1. The zero-order chi connectivity index (χ0) is 20.2. The average molecular weight is 391 g/mol. The third-order valence-electron chi connectivity index (χ3n) is 4.56. The average Bonchev–Trinajstić information content (AvgIpc) is 2.68. The van der Waals surface area contributed by atoms with Crippen LogP contribution in [0.5, 0.6) is 5.75 Å². The van der Waals surface area contributed by atoms with Crippen LogP contribution < -0.4 is 9.04 Å². The van der Waals surface area contributed by atoms with Crippen LogP contribution in [0.15, 0.2) is 47.4 Å². The maximum atomic E-state index is 13.0. The molecule has 1 amide bonds. The number of carbonyl (C=O) groups excluding carboxylic acids is 1. The fourth-order valence-electron chi connectivity index (χ4n) is 2.81. The smallest absolute Gasteiger partial charge is 0.264 e. The highest BCUT2D eigenvalue weighted by Crippen LogP contribution is 2.27. The van der Waals surface area contributed by atoms with Gasteiger partial charge in [-0.15, -0.1) is 0 Å². The number of hydrogen-bond donors (Lipinski definition) is 0. The molecule has 0 bridgehead atoms. The van der Waals surface area contributed by atoms with Gasteiger partial charge in [0, 0.05) is 25.7 Å². The number of ether oxygens (including phenoxy) is 1. The SMILES string of the molecule is CCN(CC)C(=O)c1ccc(C)c(N(C)S(=O)(=O)c2ccc(OC)cc2)c1. The lowest BCUT2D eigenvalue weighted by atomic mass is 10.1. The molecule has 0 saturated heterocycles. The monoisotopic (exact) mass is 390 g/mol. The summed E-state index contributed by atoms with van der Waals surface area (Å²) < 4.78 is 32.3. The Morgan fingerprint density at radius 1 is 1.04 bits per heavy atom. The highest BCUT2D eigenvalue weighted by atomic mass is 32.2. The van der Waals surface area contributed by atoms with Crippen molar-refractivity contribution < 1.29 is 17.9 Å². The summed E-state index contributed by atoms with van der Waals surface area (Å²) >= 11 is 0. The summed E-state index contributed by atoms with van der Waals surface area (Å²) in [6.45, 7) is 6.84. The lowest BCUT2D eigenvalue weighted by molar-refractivity contribution is 0.0773. The Kier molecular flexibility index (Phi) is 6.49. The molecule has 7 heteroatoms. The van der Waals surface area contributed by atoms with Gasteiger partial charge in [0.15, 0.2) is 0 Å². The number of rotatable bonds is 7. The van der Waals surface area contributed by atoms with E-state index < -0.39 is 10.0 Å². The summed E-state index contributed by atoms with van der Waals surface area (Å²) in [6.07, 6.45) is 0. The molecule has 2 rings (SSSR count). The molecule has 0 aliphatic heterocycles. The Balaban J connectivity index is 2.43. The van der Waals surface area contributed by atoms with E-state index >= 15 is 0 Å². The van der Waals surface area contributed by atoms with Crippen molar-refractivity contribution in [3.8, 4) is 5.75 Å². The van der Waals surface area contributed by atoms with Crippen LogP contribution in [-0.4, -0.2) is 46.5 Å². The molecule has 0 fully saturated rings. The maximum Gasteiger partial charge on any atom is 0.264 e. The number of hydrogen-bond acceptors (Lipinski definition) is 4. The topological polar surface area (TPSA) is 66.9 Å². The fourth-order valence-corrected chi connectivity index (χ4v) is 4.06. The zero-order valence-electron chi connectivity index (χ0n) is 16.4. The number of amides is 1. The van der Waals surface area contributed by atoms with Crippen molar-refractivity contribution in [2.24, 2.45) is 0 Å². The number of aryl methyl sites for hydroxylation is 1. The second-order valence-electron chi connectivity index (χ2n) is 6.13. The lowest BCUT2D eigenvalue weighted by Gasteiger charge is -2.24. The number of carbonyl (C=O) groups is 1. The molecule has 2 aromatic carbocycles. The Morgan fingerprint density at radius 3 is 2.15 bits per heavy atom. The number of nitrogens with zero attached hydrogens (tertiary/aromatic N) is 2. The quantitative estimate of drug-likeness (QED) is 0.727. The molecule has 0 spiro atoms. The molecular formula is C20H26N2O4S. The number of methoxy groups -OCH3 is 1. The molecule has 0 aliphatic carbocycles. The molecule has 0 heterocycles. The van der Waals surface area contributed by atoms with Gasteiger partial charge >= 0.3 is 0 Å². The summed E-state index contributed by atoms with van der Waals surface area (Å²) in [7, 11) is -0.742. The molecule has 2 aromatic rings. The van der Waals surface area contributed by atoms with Crippen LogP contribution in [0.2, 0.25) is 0 Å². The molecule has 146 valence electrons. The minimum Gasteiger partial charge on any atom is -0.497 e. The van der Waals surface area contributed by atoms with E-state index in [-0.39, 0.29) is 10.8 Å². The van der Waals surface area contributed by atoms with Crippen LogP contribution in [0.4, 0.5) is 5.69 Å². The highest BCUT2D eigenvalue weighted by Gasteiger charge is 2.24. The van der Waals surface area contributed by atoms with Gasteiger partial charge in [-0.3, -0.25) is 9.10 Å². The van der Waals surface area contributed by atoms with Crippen LogP contribution in [-0.2, 0) is 10.0 Å². The van der Waals surface area contributed by atoms with Crippen molar-refractivity contribution in [2.75, 3.05) is 31.6 Å². The van der Waals surface area contributed by atoms with E-state index in [0.717, 1.165) is 5.56 Å². The summed E-state index contributed by atoms with van der Waals surface area (Å²) in [6, 6.07) is 11.4. The highest BCUT2D eigenvalue weighted by molar-refractivity contribution is 7.92. The van der Waals surface area contributed by atoms with E-state index in [2.05, 4.69) is 0 Å². The molecule has 0 aromatic heterocycles. The minimum absolute atomic E-state index is 0.114. The van der Waals surface area contributed by atoms with Gasteiger partial charge in [0.25, 0.3) is 15.9 Å². The van der Waals surface area contributed by atoms with Crippen molar-refractivity contribution in [3.05, 3.63) is 53.6 Å².